The molecule has 4 heterocycles. The smallest absolute Gasteiger partial charge is 0.416 e. The van der Waals surface area contributed by atoms with E-state index in [0.717, 1.165) is 24.1 Å². The number of amides is 4. The van der Waals surface area contributed by atoms with Gasteiger partial charge in [0.1, 0.15) is 40.4 Å². The molecule has 3 N–H and O–H groups in total. The normalized spacial score (nSPS) is 25.1. The van der Waals surface area contributed by atoms with Crippen molar-refractivity contribution in [3.63, 3.8) is 0 Å². The lowest BCUT2D eigenvalue weighted by Crippen LogP contribution is -2.62. The van der Waals surface area contributed by atoms with Gasteiger partial charge < -0.3 is 29.4 Å². The lowest BCUT2D eigenvalue weighted by Gasteiger charge is -2.33. The number of carbonyl (C=O) groups is 4. The number of aromatic nitrogens is 2. The molecule has 2 saturated carbocycles. The first-order chi connectivity index (χ1) is 30.1. The Morgan fingerprint density at radius 1 is 0.984 bits per heavy atom. The highest BCUT2D eigenvalue weighted by molar-refractivity contribution is 7.91. The Balaban J connectivity index is 1.16. The number of benzene rings is 2. The Kier molecular flexibility index (Phi) is 11.7. The molecular weight excluding hydrogens is 858 g/mol. The van der Waals surface area contributed by atoms with E-state index in [2.05, 4.69) is 25.3 Å². The standard InChI is InChI=1S/C45H51F3N6O9S/c1-42(2,3)63-41(58)49-31-13-8-6-5-7-11-26-19-20-44(24-26,40(57)53-64(59,60)43(4)21-22-43)52-37(55)32-23-29(25-54(32)39(31)56)61-38-35-34(30-12-9-10-14-33(30)62-35)50-36(51-38)27-15-17-28(18-16-27)45(46,47)48/h9-12,14-18,29,31-32H,5-8,13,19-25H2,1-4H3,(H,49,58)(H,52,55)(H,53,57)/b26-11-/t29-,31+,32+,44-/m1/s1. The van der Waals surface area contributed by atoms with Crippen LogP contribution in [-0.4, -0.2) is 87.7 Å². The van der Waals surface area contributed by atoms with Gasteiger partial charge in [-0.3, -0.25) is 19.1 Å². The minimum Gasteiger partial charge on any atom is -0.470 e. The van der Waals surface area contributed by atoms with Gasteiger partial charge in [-0.05, 0) is 96.9 Å². The molecule has 19 heteroatoms. The monoisotopic (exact) mass is 908 g/mol. The van der Waals surface area contributed by atoms with E-state index in [1.165, 1.54) is 17.0 Å². The predicted molar refractivity (Wildman–Crippen MR) is 228 cm³/mol. The zero-order valence-corrected chi connectivity index (χ0v) is 36.8. The number of rotatable bonds is 7. The third kappa shape index (κ3) is 9.26. The van der Waals surface area contributed by atoms with E-state index >= 15 is 0 Å². The number of nitrogens with zero attached hydrogens (tertiary/aromatic N) is 3. The second-order valence-corrected chi connectivity index (χ2v) is 20.7. The quantitative estimate of drug-likeness (QED) is 0.158. The van der Waals surface area contributed by atoms with Gasteiger partial charge in [0, 0.05) is 23.8 Å². The van der Waals surface area contributed by atoms with Gasteiger partial charge >= 0.3 is 12.3 Å². The summed E-state index contributed by atoms with van der Waals surface area (Å²) in [6, 6.07) is 8.90. The van der Waals surface area contributed by atoms with Crippen LogP contribution in [0.4, 0.5) is 18.0 Å². The number of nitrogens with one attached hydrogen (secondary N) is 3. The van der Waals surface area contributed by atoms with Crippen LogP contribution in [0.1, 0.15) is 104 Å². The molecule has 4 atom stereocenters. The first kappa shape index (κ1) is 44.9. The lowest BCUT2D eigenvalue weighted by atomic mass is 9.95. The highest BCUT2D eigenvalue weighted by atomic mass is 32.2. The molecule has 64 heavy (non-hydrogen) atoms. The summed E-state index contributed by atoms with van der Waals surface area (Å²) in [7, 11) is -4.09. The van der Waals surface area contributed by atoms with Crippen molar-refractivity contribution >= 4 is 55.9 Å². The zero-order valence-electron chi connectivity index (χ0n) is 36.0. The summed E-state index contributed by atoms with van der Waals surface area (Å²) < 4.78 is 86.6. The Labute approximate surface area is 367 Å². The molecule has 0 spiro atoms. The highest BCUT2D eigenvalue weighted by Crippen LogP contribution is 2.44. The number of hydrogen-bond acceptors (Lipinski definition) is 11. The maximum Gasteiger partial charge on any atom is 0.416 e. The van der Waals surface area contributed by atoms with Crippen LogP contribution in [0.3, 0.4) is 0 Å². The molecule has 2 aromatic heterocycles. The van der Waals surface area contributed by atoms with Crippen molar-refractivity contribution in [2.75, 3.05) is 6.54 Å². The molecule has 3 fully saturated rings. The lowest BCUT2D eigenvalue weighted by molar-refractivity contribution is -0.142. The number of ether oxygens (including phenoxy) is 2. The first-order valence-corrected chi connectivity index (χ1v) is 23.0. The molecule has 4 amide bonds. The molecule has 4 aromatic rings. The van der Waals surface area contributed by atoms with Crippen molar-refractivity contribution in [1.29, 1.82) is 0 Å². The van der Waals surface area contributed by atoms with Crippen LogP contribution < -0.4 is 20.1 Å². The summed E-state index contributed by atoms with van der Waals surface area (Å²) in [5.41, 5.74) is -1.40. The third-order valence-electron chi connectivity index (χ3n) is 12.4. The van der Waals surface area contributed by atoms with Gasteiger partial charge in [0.2, 0.25) is 27.4 Å². The Bertz CT molecular complexity index is 2640. The molecule has 0 radical (unpaired) electrons. The van der Waals surface area contributed by atoms with Crippen LogP contribution in [0.15, 0.2) is 64.6 Å². The Morgan fingerprint density at radius 3 is 2.42 bits per heavy atom. The number of allylic oxidation sites excluding steroid dienone is 1. The summed E-state index contributed by atoms with van der Waals surface area (Å²) >= 11 is 0. The van der Waals surface area contributed by atoms with Crippen molar-refractivity contribution in [2.45, 2.75) is 139 Å². The summed E-state index contributed by atoms with van der Waals surface area (Å²) in [6.45, 7) is 6.41. The van der Waals surface area contributed by atoms with Crippen LogP contribution in [0, 0.1) is 0 Å². The first-order valence-electron chi connectivity index (χ1n) is 21.5. The molecule has 342 valence electrons. The average Bonchev–Trinajstić information content (AvgIpc) is 3.52. The fraction of sp³-hybridized carbons (Fsp3) is 0.511. The summed E-state index contributed by atoms with van der Waals surface area (Å²) in [6.07, 6.45) is -0.249. The van der Waals surface area contributed by atoms with Crippen LogP contribution in [0.2, 0.25) is 0 Å². The maximum atomic E-state index is 14.8. The highest BCUT2D eigenvalue weighted by Gasteiger charge is 2.55. The van der Waals surface area contributed by atoms with E-state index in [9.17, 15) is 40.8 Å². The molecule has 2 aliphatic carbocycles. The SMILES string of the molecule is CC(C)(C)OC(=O)N[C@H]1CCCCC/C=C2/CC[C@](C(=O)NS(=O)(=O)C3(C)CC3)(C2)NC(=O)[C@@H]2C[C@@H](Oc3nc(-c4ccc(C(F)(F)F)cc4)nc4c3oc3ccccc34)CN2C1=O. The van der Waals surface area contributed by atoms with Crippen molar-refractivity contribution in [3.05, 3.63) is 65.7 Å². The van der Waals surface area contributed by atoms with E-state index in [4.69, 9.17) is 13.9 Å². The fourth-order valence-corrected chi connectivity index (χ4v) is 9.90. The van der Waals surface area contributed by atoms with E-state index in [1.54, 1.807) is 52.0 Å². The number of para-hydroxylation sites is 1. The number of alkyl carbamates (subject to hydrolysis) is 1. The average molecular weight is 909 g/mol. The van der Waals surface area contributed by atoms with Gasteiger partial charge in [-0.15, -0.1) is 0 Å². The number of sulfonamides is 1. The van der Waals surface area contributed by atoms with Crippen LogP contribution >= 0.6 is 0 Å². The second kappa shape index (κ2) is 16.7. The minimum atomic E-state index is -4.57. The van der Waals surface area contributed by atoms with Crippen molar-refractivity contribution in [1.82, 2.24) is 30.2 Å². The van der Waals surface area contributed by atoms with Gasteiger partial charge in [0.05, 0.1) is 16.9 Å². The summed E-state index contributed by atoms with van der Waals surface area (Å²) in [5.74, 6) is -2.28. The number of furan rings is 1. The molecule has 2 aliphatic heterocycles. The molecule has 1 saturated heterocycles. The van der Waals surface area contributed by atoms with Gasteiger partial charge in [-0.25, -0.2) is 18.2 Å². The summed E-state index contributed by atoms with van der Waals surface area (Å²) in [5, 5.41) is 6.19. The molecule has 4 aliphatic rings. The third-order valence-corrected chi connectivity index (χ3v) is 14.6. The molecular formula is C45H51F3N6O9S. The van der Waals surface area contributed by atoms with Crippen molar-refractivity contribution in [2.24, 2.45) is 0 Å². The van der Waals surface area contributed by atoms with E-state index < -0.39 is 79.7 Å². The Hall–Kier alpha value is -5.72. The zero-order chi connectivity index (χ0) is 45.8. The van der Waals surface area contributed by atoms with Gasteiger partial charge in [-0.1, -0.05) is 48.8 Å². The number of carbonyl (C=O) groups excluding carboxylic acids is 4. The topological polar surface area (TPSA) is 199 Å². The van der Waals surface area contributed by atoms with E-state index in [-0.39, 0.29) is 55.1 Å². The van der Waals surface area contributed by atoms with Gasteiger partial charge in [0.15, 0.2) is 5.82 Å². The molecule has 8 rings (SSSR count). The number of alkyl halides is 3. The maximum absolute atomic E-state index is 14.8. The summed E-state index contributed by atoms with van der Waals surface area (Å²) in [4.78, 5) is 67.5. The number of fused-ring (bicyclic) bond motifs is 6. The van der Waals surface area contributed by atoms with Crippen LogP contribution in [0.25, 0.3) is 33.5 Å². The Morgan fingerprint density at radius 2 is 1.72 bits per heavy atom. The number of hydrogen-bond donors (Lipinski definition) is 3. The molecule has 15 nitrogen and oxygen atoms in total. The molecule has 0 unspecified atom stereocenters. The van der Waals surface area contributed by atoms with E-state index in [0.29, 0.717) is 55.0 Å². The van der Waals surface area contributed by atoms with Crippen molar-refractivity contribution in [3.8, 4) is 17.3 Å². The molecule has 2 bridgehead atoms. The van der Waals surface area contributed by atoms with Crippen LogP contribution in [0.5, 0.6) is 5.88 Å². The van der Waals surface area contributed by atoms with Gasteiger partial charge in [-0.2, -0.15) is 18.2 Å². The second-order valence-electron chi connectivity index (χ2n) is 18.5. The van der Waals surface area contributed by atoms with E-state index in [1.807, 2.05) is 6.08 Å². The van der Waals surface area contributed by atoms with Gasteiger partial charge in [0.25, 0.3) is 11.8 Å². The largest absolute Gasteiger partial charge is 0.470 e. The molecule has 2 aromatic carbocycles. The predicted octanol–water partition coefficient (Wildman–Crippen LogP) is 7.23. The number of halogens is 3. The van der Waals surface area contributed by atoms with Crippen LogP contribution in [-0.2, 0) is 35.3 Å². The fourth-order valence-electron chi connectivity index (χ4n) is 8.58. The minimum absolute atomic E-state index is 0.0270. The van der Waals surface area contributed by atoms with Crippen molar-refractivity contribution < 1.29 is 54.7 Å².